The van der Waals surface area contributed by atoms with E-state index in [4.69, 9.17) is 9.16 Å². The van der Waals surface area contributed by atoms with Gasteiger partial charge < -0.3 is 9.16 Å². The number of ether oxygens (including phenoxy) is 1. The first-order chi connectivity index (χ1) is 17.0. The summed E-state index contributed by atoms with van der Waals surface area (Å²) in [5.41, 5.74) is 3.99. The van der Waals surface area contributed by atoms with Crippen molar-refractivity contribution >= 4 is 30.9 Å². The van der Waals surface area contributed by atoms with Crippen LogP contribution in [-0.4, -0.2) is 21.0 Å². The monoisotopic (exact) mass is 598 g/mol. The minimum Gasteiger partial charge on any atom is -0.411 e. The van der Waals surface area contributed by atoms with Crippen molar-refractivity contribution in [1.82, 2.24) is 0 Å². The molecule has 4 heteroatoms. The maximum Gasteiger partial charge on any atom is 0.192 e. The second-order valence-corrected chi connectivity index (χ2v) is 14.6. The molecule has 186 valence electrons. The Bertz CT molecular complexity index is 928. The summed E-state index contributed by atoms with van der Waals surface area (Å²) in [6, 6.07) is 35.2. The van der Waals surface area contributed by atoms with Crippen LogP contribution in [0.15, 0.2) is 101 Å². The zero-order valence-corrected chi connectivity index (χ0v) is 24.7. The van der Waals surface area contributed by atoms with Gasteiger partial charge in [0.1, 0.15) is 5.60 Å². The summed E-state index contributed by atoms with van der Waals surface area (Å²) in [5.74, 6) is 0. The van der Waals surface area contributed by atoms with Crippen LogP contribution in [0.5, 0.6) is 0 Å². The maximum atomic E-state index is 7.14. The largest absolute Gasteiger partial charge is 0.411 e. The van der Waals surface area contributed by atoms with E-state index in [1.165, 1.54) is 5.57 Å². The molecule has 0 radical (unpaired) electrons. The van der Waals surface area contributed by atoms with Crippen LogP contribution < -0.4 is 0 Å². The van der Waals surface area contributed by atoms with Crippen molar-refractivity contribution in [3.63, 3.8) is 0 Å². The van der Waals surface area contributed by atoms with Gasteiger partial charge in [0.2, 0.25) is 0 Å². The van der Waals surface area contributed by atoms with Gasteiger partial charge in [0, 0.05) is 0 Å². The Hall–Kier alpha value is -1.73. The van der Waals surface area contributed by atoms with Crippen molar-refractivity contribution in [2.24, 2.45) is 0 Å². The lowest BCUT2D eigenvalue weighted by Gasteiger charge is -2.39. The fourth-order valence-electron chi connectivity index (χ4n) is 4.88. The molecule has 35 heavy (non-hydrogen) atoms. The summed E-state index contributed by atoms with van der Waals surface area (Å²) >= 11 is 2.34. The lowest BCUT2D eigenvalue weighted by atomic mass is 9.80. The number of hydrogen-bond acceptors (Lipinski definition) is 2. The van der Waals surface area contributed by atoms with Crippen molar-refractivity contribution in [1.29, 1.82) is 0 Å². The Labute approximate surface area is 227 Å². The predicted molar refractivity (Wildman–Crippen MR) is 160 cm³/mol. The lowest BCUT2D eigenvalue weighted by Crippen LogP contribution is -2.43. The number of hydrogen-bond donors (Lipinski definition) is 0. The highest BCUT2D eigenvalue weighted by atomic mass is 127. The Balaban J connectivity index is 2.09. The van der Waals surface area contributed by atoms with Crippen molar-refractivity contribution < 1.29 is 9.16 Å². The molecule has 0 aliphatic carbocycles. The standard InChI is InChI=1S/C31H39IO2Si/c1-5-35(6-2,7-3)34-30(23-26(4)24-32)25-33-31(27-17-11-8-12-18-27,28-19-13-9-14-20-28)29-21-15-10-16-22-29/h8-22,24,30H,5-7,23,25H2,1-4H3/b26-24+/t30-/m1/s1. The quantitative estimate of drug-likeness (QED) is 0.111. The average molecular weight is 599 g/mol. The van der Waals surface area contributed by atoms with Crippen LogP contribution in [0.3, 0.4) is 0 Å². The molecule has 1 atom stereocenters. The van der Waals surface area contributed by atoms with Crippen LogP contribution in [0.2, 0.25) is 18.1 Å². The summed E-state index contributed by atoms with van der Waals surface area (Å²) in [7, 11) is -1.80. The zero-order chi connectivity index (χ0) is 25.2. The topological polar surface area (TPSA) is 18.5 Å². The Morgan fingerprint density at radius 3 is 1.51 bits per heavy atom. The second-order valence-electron chi connectivity index (χ2n) is 9.23. The van der Waals surface area contributed by atoms with Crippen LogP contribution in [0.4, 0.5) is 0 Å². The minimum absolute atomic E-state index is 0.0167. The highest BCUT2D eigenvalue weighted by Gasteiger charge is 2.39. The lowest BCUT2D eigenvalue weighted by molar-refractivity contribution is -0.0331. The third-order valence-corrected chi connectivity index (χ3v) is 12.9. The molecule has 0 aliphatic heterocycles. The van der Waals surface area contributed by atoms with E-state index in [1.54, 1.807) is 0 Å². The SMILES string of the molecule is CC[Si](CC)(CC)O[C@@H](COC(c1ccccc1)(c1ccccc1)c1ccccc1)C/C(C)=C/I. The molecule has 0 fully saturated rings. The summed E-state index contributed by atoms with van der Waals surface area (Å²) < 4.78 is 16.3. The van der Waals surface area contributed by atoms with E-state index < -0.39 is 13.9 Å². The fourth-order valence-corrected chi connectivity index (χ4v) is 7.99. The number of benzene rings is 3. The Morgan fingerprint density at radius 1 is 0.771 bits per heavy atom. The van der Waals surface area contributed by atoms with E-state index >= 15 is 0 Å². The first-order valence-electron chi connectivity index (χ1n) is 12.8. The average Bonchev–Trinajstić information content (AvgIpc) is 2.93. The van der Waals surface area contributed by atoms with Gasteiger partial charge in [0.05, 0.1) is 12.7 Å². The molecule has 0 unspecified atom stereocenters. The van der Waals surface area contributed by atoms with Crippen molar-refractivity contribution in [3.8, 4) is 0 Å². The molecule has 0 N–H and O–H groups in total. The van der Waals surface area contributed by atoms with E-state index in [0.717, 1.165) is 41.2 Å². The van der Waals surface area contributed by atoms with Gasteiger partial charge in [0.25, 0.3) is 0 Å². The molecule has 0 spiro atoms. The van der Waals surface area contributed by atoms with Crippen molar-refractivity contribution in [3.05, 3.63) is 117 Å². The third-order valence-electron chi connectivity index (χ3n) is 7.11. The highest BCUT2D eigenvalue weighted by molar-refractivity contribution is 14.1. The summed E-state index contributed by atoms with van der Waals surface area (Å²) in [5, 5.41) is 0. The van der Waals surface area contributed by atoms with Gasteiger partial charge in [-0.2, -0.15) is 0 Å². The number of rotatable bonds is 13. The summed E-state index contributed by atoms with van der Waals surface area (Å²) in [6.07, 6.45) is 0.898. The molecular weight excluding hydrogens is 559 g/mol. The smallest absolute Gasteiger partial charge is 0.192 e. The fraction of sp³-hybridized carbons (Fsp3) is 0.355. The first-order valence-corrected chi connectivity index (χ1v) is 16.5. The van der Waals surface area contributed by atoms with Crippen LogP contribution in [0, 0.1) is 0 Å². The van der Waals surface area contributed by atoms with E-state index in [9.17, 15) is 0 Å². The van der Waals surface area contributed by atoms with Crippen LogP contribution in [-0.2, 0) is 14.8 Å². The summed E-state index contributed by atoms with van der Waals surface area (Å²) in [6.45, 7) is 9.59. The van der Waals surface area contributed by atoms with Gasteiger partial charge in [-0.05, 0) is 52.2 Å². The van der Waals surface area contributed by atoms with Crippen LogP contribution in [0.25, 0.3) is 0 Å². The minimum atomic E-state index is -1.80. The van der Waals surface area contributed by atoms with Gasteiger partial charge in [-0.15, -0.1) is 0 Å². The molecule has 0 amide bonds. The Kier molecular flexibility index (Phi) is 10.8. The third kappa shape index (κ3) is 6.73. The Morgan fingerprint density at radius 2 is 1.17 bits per heavy atom. The second kappa shape index (κ2) is 13.5. The molecule has 0 saturated heterocycles. The van der Waals surface area contributed by atoms with E-state index in [0.29, 0.717) is 6.61 Å². The zero-order valence-electron chi connectivity index (χ0n) is 21.5. The van der Waals surface area contributed by atoms with Crippen molar-refractivity contribution in [2.45, 2.75) is 64.0 Å². The summed E-state index contributed by atoms with van der Waals surface area (Å²) in [4.78, 5) is 0. The predicted octanol–water partition coefficient (Wildman–Crippen LogP) is 9.11. The molecule has 3 aromatic carbocycles. The first kappa shape index (κ1) is 27.8. The van der Waals surface area contributed by atoms with E-state index in [2.05, 4.69) is 145 Å². The number of halogens is 1. The molecule has 2 nitrogen and oxygen atoms in total. The maximum absolute atomic E-state index is 7.14. The normalized spacial score (nSPS) is 13.6. The van der Waals surface area contributed by atoms with Gasteiger partial charge in [-0.3, -0.25) is 0 Å². The highest BCUT2D eigenvalue weighted by Crippen LogP contribution is 2.41. The molecule has 3 aromatic rings. The van der Waals surface area contributed by atoms with Crippen LogP contribution >= 0.6 is 22.6 Å². The van der Waals surface area contributed by atoms with Gasteiger partial charge in [0.15, 0.2) is 8.32 Å². The molecule has 0 aliphatic rings. The molecule has 0 heterocycles. The molecular formula is C31H39IO2Si. The van der Waals surface area contributed by atoms with Crippen molar-refractivity contribution in [2.75, 3.05) is 6.61 Å². The van der Waals surface area contributed by atoms with Gasteiger partial charge >= 0.3 is 0 Å². The molecule has 0 saturated carbocycles. The van der Waals surface area contributed by atoms with E-state index in [1.807, 2.05) is 0 Å². The molecule has 0 bridgehead atoms. The van der Waals surface area contributed by atoms with E-state index in [-0.39, 0.29) is 6.10 Å². The van der Waals surface area contributed by atoms with Crippen LogP contribution in [0.1, 0.15) is 50.8 Å². The van der Waals surface area contributed by atoms with Gasteiger partial charge in [-0.25, -0.2) is 0 Å². The van der Waals surface area contributed by atoms with Gasteiger partial charge in [-0.1, -0.05) is 140 Å². The molecule has 0 aromatic heterocycles. The molecule has 3 rings (SSSR count).